The third-order valence-electron chi connectivity index (χ3n) is 7.94. The van der Waals surface area contributed by atoms with Gasteiger partial charge in [0.25, 0.3) is 5.91 Å². The largest absolute Gasteiger partial charge is 0.383 e. The molecule has 1 aromatic carbocycles. The van der Waals surface area contributed by atoms with Gasteiger partial charge in [0.05, 0.1) is 11.3 Å². The maximum absolute atomic E-state index is 14.9. The van der Waals surface area contributed by atoms with Gasteiger partial charge in [-0.3, -0.25) is 9.59 Å². The normalized spacial score (nSPS) is 28.4. The fourth-order valence-electron chi connectivity index (χ4n) is 5.93. The Bertz CT molecular complexity index is 1340. The van der Waals surface area contributed by atoms with E-state index in [0.717, 1.165) is 31.2 Å². The lowest BCUT2D eigenvalue weighted by Crippen LogP contribution is -2.48. The summed E-state index contributed by atoms with van der Waals surface area (Å²) in [7, 11) is 0. The zero-order valence-corrected chi connectivity index (χ0v) is 19.8. The molecule has 7 rings (SSSR count). The molecule has 4 N–H and O–H groups in total. The molecule has 8 heteroatoms. The number of imidazole rings is 1. The Labute approximate surface area is 202 Å². The average Bonchev–Trinajstić information content (AvgIpc) is 3.52. The number of nitrogens with zero attached hydrogens (tertiary/aromatic N) is 2. The summed E-state index contributed by atoms with van der Waals surface area (Å²) in [5.41, 5.74) is 5.03. The van der Waals surface area contributed by atoms with Crippen molar-refractivity contribution in [2.45, 2.75) is 75.5 Å². The van der Waals surface area contributed by atoms with Crippen molar-refractivity contribution in [2.24, 2.45) is 17.6 Å². The summed E-state index contributed by atoms with van der Waals surface area (Å²) < 4.78 is 16.9. The topological polar surface area (TPSA) is 118 Å². The van der Waals surface area contributed by atoms with Crippen molar-refractivity contribution in [3.63, 3.8) is 0 Å². The molecule has 1 amide bonds. The van der Waals surface area contributed by atoms with Crippen LogP contribution in [0, 0.1) is 29.5 Å². The van der Waals surface area contributed by atoms with E-state index in [1.165, 1.54) is 19.9 Å². The van der Waals surface area contributed by atoms with Gasteiger partial charge in [-0.25, -0.2) is 9.37 Å². The summed E-state index contributed by atoms with van der Waals surface area (Å²) >= 11 is 0. The number of benzene rings is 1. The summed E-state index contributed by atoms with van der Waals surface area (Å²) in [6.07, 6.45) is 3.80. The Kier molecular flexibility index (Phi) is 4.65. The highest BCUT2D eigenvalue weighted by Gasteiger charge is 2.55. The summed E-state index contributed by atoms with van der Waals surface area (Å²) in [6.45, 7) is 3.05. The summed E-state index contributed by atoms with van der Waals surface area (Å²) in [5.74, 6) is 4.84. The van der Waals surface area contributed by atoms with E-state index in [0.29, 0.717) is 17.1 Å². The second-order valence-corrected chi connectivity index (χ2v) is 11.2. The van der Waals surface area contributed by atoms with Gasteiger partial charge in [-0.15, -0.1) is 0 Å². The summed E-state index contributed by atoms with van der Waals surface area (Å²) in [4.78, 5) is 29.6. The van der Waals surface area contributed by atoms with Gasteiger partial charge >= 0.3 is 0 Å². The number of halogens is 1. The van der Waals surface area contributed by atoms with Gasteiger partial charge < -0.3 is 20.5 Å². The van der Waals surface area contributed by atoms with Crippen LogP contribution in [0.15, 0.2) is 12.1 Å². The molecule has 5 aliphatic rings. The van der Waals surface area contributed by atoms with E-state index in [9.17, 15) is 24.2 Å². The second-order valence-electron chi connectivity index (χ2n) is 11.2. The highest BCUT2D eigenvalue weighted by atomic mass is 19.1. The standard InChI is InChI=1S/C27H28FN3O4/c1-26(2,34)6-5-14-9-19-18(10-20(14)28)15-7-17(8-15)31-23(21(24(29)33)30-25(19)31)27(35)11-16(12-27)22(32)13-3-4-13/h9-10,13,15-17,34-35H,3-4,7-8,11-12H2,1-2H3,(H2,29,33). The number of carbonyl (C=O) groups excluding carboxylic acids is 2. The summed E-state index contributed by atoms with van der Waals surface area (Å²) in [5, 5.41) is 21.6. The first kappa shape index (κ1) is 22.4. The molecule has 0 saturated heterocycles. The first-order valence-electron chi connectivity index (χ1n) is 12.2. The van der Waals surface area contributed by atoms with E-state index >= 15 is 0 Å². The lowest BCUT2D eigenvalue weighted by molar-refractivity contribution is -0.143. The minimum Gasteiger partial charge on any atom is -0.383 e. The summed E-state index contributed by atoms with van der Waals surface area (Å²) in [6, 6.07) is 3.08. The number of carbonyl (C=O) groups is 2. The predicted octanol–water partition coefficient (Wildman–Crippen LogP) is 2.92. The van der Waals surface area contributed by atoms with Gasteiger partial charge in [0.1, 0.15) is 28.6 Å². The highest BCUT2D eigenvalue weighted by molar-refractivity contribution is 5.94. The van der Waals surface area contributed by atoms with Crippen molar-refractivity contribution in [2.75, 3.05) is 0 Å². The molecule has 3 aliphatic carbocycles. The van der Waals surface area contributed by atoms with Crippen molar-refractivity contribution in [3.8, 4) is 23.2 Å². The van der Waals surface area contributed by atoms with Crippen LogP contribution in [0.4, 0.5) is 4.39 Å². The van der Waals surface area contributed by atoms with E-state index in [1.54, 1.807) is 6.07 Å². The smallest absolute Gasteiger partial charge is 0.269 e. The molecule has 182 valence electrons. The molecule has 0 unspecified atom stereocenters. The van der Waals surface area contributed by atoms with Crippen LogP contribution in [0.2, 0.25) is 0 Å². The van der Waals surface area contributed by atoms with Crippen molar-refractivity contribution < 1.29 is 24.2 Å². The van der Waals surface area contributed by atoms with Crippen molar-refractivity contribution in [3.05, 3.63) is 40.5 Å². The van der Waals surface area contributed by atoms with Gasteiger partial charge in [-0.05, 0) is 76.0 Å². The Morgan fingerprint density at radius 1 is 1.23 bits per heavy atom. The molecule has 2 aromatic rings. The third-order valence-corrected chi connectivity index (χ3v) is 7.94. The minimum atomic E-state index is -1.36. The molecule has 2 bridgehead atoms. The fraction of sp³-hybridized carbons (Fsp3) is 0.519. The minimum absolute atomic E-state index is 0.00423. The molecule has 0 radical (unpaired) electrons. The number of aliphatic hydroxyl groups is 2. The molecule has 7 nitrogen and oxygen atoms in total. The SMILES string of the molecule is CC(C)(O)C#Cc1cc2c(cc1F)C1CC(C1)n1c-2nc(C(N)=O)c1C1(O)CC(C(=O)C2CC2)C1. The van der Waals surface area contributed by atoms with Crippen LogP contribution in [0.5, 0.6) is 0 Å². The van der Waals surface area contributed by atoms with Crippen LogP contribution in [-0.2, 0) is 10.4 Å². The van der Waals surface area contributed by atoms with Crippen molar-refractivity contribution in [1.82, 2.24) is 9.55 Å². The van der Waals surface area contributed by atoms with E-state index in [1.807, 2.05) is 4.57 Å². The molecule has 3 fully saturated rings. The highest BCUT2D eigenvalue weighted by Crippen LogP contribution is 2.57. The number of nitrogens with two attached hydrogens (primary N) is 1. The first-order valence-corrected chi connectivity index (χ1v) is 12.2. The number of hydrogen-bond donors (Lipinski definition) is 3. The number of amides is 1. The number of Topliss-reactive ketones (excluding diaryl/α,β-unsaturated/α-hetero) is 1. The number of primary amides is 1. The van der Waals surface area contributed by atoms with E-state index < -0.39 is 22.9 Å². The Hall–Kier alpha value is -3.02. The first-order chi connectivity index (χ1) is 16.4. The number of rotatable bonds is 4. The van der Waals surface area contributed by atoms with E-state index in [4.69, 9.17) is 5.73 Å². The number of ketones is 1. The maximum Gasteiger partial charge on any atom is 0.269 e. The monoisotopic (exact) mass is 477 g/mol. The molecular weight excluding hydrogens is 449 g/mol. The zero-order chi connectivity index (χ0) is 24.9. The predicted molar refractivity (Wildman–Crippen MR) is 125 cm³/mol. The van der Waals surface area contributed by atoms with Gasteiger partial charge in [0.2, 0.25) is 0 Å². The Balaban J connectivity index is 1.48. The van der Waals surface area contributed by atoms with Crippen LogP contribution >= 0.6 is 0 Å². The average molecular weight is 478 g/mol. The zero-order valence-electron chi connectivity index (χ0n) is 19.8. The van der Waals surface area contributed by atoms with Gasteiger partial charge in [0, 0.05) is 23.4 Å². The van der Waals surface area contributed by atoms with Crippen LogP contribution in [0.25, 0.3) is 11.4 Å². The lowest BCUT2D eigenvalue weighted by Gasteiger charge is -2.45. The van der Waals surface area contributed by atoms with E-state index in [-0.39, 0.29) is 53.7 Å². The fourth-order valence-corrected chi connectivity index (χ4v) is 5.93. The van der Waals surface area contributed by atoms with Crippen LogP contribution < -0.4 is 5.73 Å². The molecule has 35 heavy (non-hydrogen) atoms. The molecule has 3 saturated carbocycles. The van der Waals surface area contributed by atoms with Gasteiger partial charge in [0.15, 0.2) is 5.69 Å². The molecular formula is C27H28FN3O4. The maximum atomic E-state index is 14.9. The lowest BCUT2D eigenvalue weighted by atomic mass is 9.65. The third kappa shape index (κ3) is 3.52. The van der Waals surface area contributed by atoms with Gasteiger partial charge in [-0.1, -0.05) is 11.8 Å². The number of aromatic nitrogens is 2. The van der Waals surface area contributed by atoms with Crippen LogP contribution in [0.3, 0.4) is 0 Å². The van der Waals surface area contributed by atoms with Crippen molar-refractivity contribution in [1.29, 1.82) is 0 Å². The van der Waals surface area contributed by atoms with Crippen LogP contribution in [0.1, 0.15) is 91.6 Å². The van der Waals surface area contributed by atoms with Crippen LogP contribution in [-0.4, -0.2) is 37.1 Å². The molecule has 1 aromatic heterocycles. The van der Waals surface area contributed by atoms with Crippen molar-refractivity contribution >= 4 is 11.7 Å². The molecule has 2 aliphatic heterocycles. The quantitative estimate of drug-likeness (QED) is 0.585. The number of hydrogen-bond acceptors (Lipinski definition) is 5. The Morgan fingerprint density at radius 2 is 1.91 bits per heavy atom. The molecule has 3 heterocycles. The molecule has 0 atom stereocenters. The second kappa shape index (κ2) is 7.25. The Morgan fingerprint density at radius 3 is 2.51 bits per heavy atom. The van der Waals surface area contributed by atoms with Gasteiger partial charge in [-0.2, -0.15) is 0 Å². The van der Waals surface area contributed by atoms with E-state index in [2.05, 4.69) is 16.8 Å². The molecule has 0 spiro atoms.